The highest BCUT2D eigenvalue weighted by Crippen LogP contribution is 2.48. The van der Waals surface area contributed by atoms with Gasteiger partial charge in [-0.1, -0.05) is 23.7 Å². The van der Waals surface area contributed by atoms with E-state index in [1.165, 1.54) is 5.56 Å². The molecule has 114 valence electrons. The number of halogens is 1. The van der Waals surface area contributed by atoms with Gasteiger partial charge in [-0.05, 0) is 30.0 Å². The quantitative estimate of drug-likeness (QED) is 0.918. The zero-order valence-corrected chi connectivity index (χ0v) is 12.8. The highest BCUT2D eigenvalue weighted by Gasteiger charge is 2.46. The van der Waals surface area contributed by atoms with E-state index in [1.54, 1.807) is 0 Å². The first-order valence-corrected chi connectivity index (χ1v) is 7.94. The van der Waals surface area contributed by atoms with E-state index in [1.807, 2.05) is 23.1 Å². The number of benzene rings is 1. The summed E-state index contributed by atoms with van der Waals surface area (Å²) in [6.45, 7) is 4.17. The highest BCUT2D eigenvalue weighted by atomic mass is 35.5. The van der Waals surface area contributed by atoms with Crippen molar-refractivity contribution in [2.45, 2.75) is 12.3 Å². The Bertz CT molecular complexity index is 515. The number of rotatable bonds is 4. The molecule has 1 aliphatic heterocycles. The van der Waals surface area contributed by atoms with Gasteiger partial charge < -0.3 is 10.0 Å². The summed E-state index contributed by atoms with van der Waals surface area (Å²) >= 11 is 6.02. The number of β-amino-alcohol motifs (C(OH)–C–C–N with tert-alkyl or cyclic N) is 1. The molecule has 1 aromatic rings. The van der Waals surface area contributed by atoms with Crippen LogP contribution in [0.1, 0.15) is 17.9 Å². The number of amides is 1. The number of carbonyl (C=O) groups is 1. The highest BCUT2D eigenvalue weighted by molar-refractivity contribution is 6.30. The van der Waals surface area contributed by atoms with Crippen molar-refractivity contribution in [2.75, 3.05) is 39.3 Å². The van der Waals surface area contributed by atoms with E-state index in [2.05, 4.69) is 11.0 Å². The minimum Gasteiger partial charge on any atom is -0.395 e. The second-order valence-corrected chi connectivity index (χ2v) is 6.33. The van der Waals surface area contributed by atoms with E-state index in [9.17, 15) is 4.79 Å². The fourth-order valence-corrected chi connectivity index (χ4v) is 3.34. The van der Waals surface area contributed by atoms with Gasteiger partial charge in [0.1, 0.15) is 0 Å². The topological polar surface area (TPSA) is 43.8 Å². The molecule has 0 bridgehead atoms. The van der Waals surface area contributed by atoms with Crippen LogP contribution in [-0.4, -0.2) is 60.1 Å². The first kappa shape index (κ1) is 14.8. The van der Waals surface area contributed by atoms with Crippen LogP contribution in [0.3, 0.4) is 0 Å². The molecule has 1 heterocycles. The summed E-state index contributed by atoms with van der Waals surface area (Å²) in [6, 6.07) is 7.84. The third-order valence-corrected chi connectivity index (χ3v) is 4.72. The van der Waals surface area contributed by atoms with E-state index < -0.39 is 0 Å². The predicted octanol–water partition coefficient (Wildman–Crippen LogP) is 1.58. The molecule has 21 heavy (non-hydrogen) atoms. The van der Waals surface area contributed by atoms with E-state index in [0.29, 0.717) is 12.5 Å². The zero-order chi connectivity index (χ0) is 14.8. The first-order valence-electron chi connectivity index (χ1n) is 7.56. The van der Waals surface area contributed by atoms with Crippen molar-refractivity contribution >= 4 is 17.5 Å². The fraction of sp³-hybridized carbons (Fsp3) is 0.562. The number of piperazine rings is 1. The number of nitrogens with zero attached hydrogens (tertiary/aromatic N) is 2. The lowest BCUT2D eigenvalue weighted by atomic mass is 10.1. The van der Waals surface area contributed by atoms with Gasteiger partial charge in [-0.2, -0.15) is 0 Å². The lowest BCUT2D eigenvalue weighted by Gasteiger charge is -2.34. The van der Waals surface area contributed by atoms with Gasteiger partial charge in [0.2, 0.25) is 5.91 Å². The molecule has 2 fully saturated rings. The number of hydrogen-bond donors (Lipinski definition) is 1. The van der Waals surface area contributed by atoms with Gasteiger partial charge >= 0.3 is 0 Å². The van der Waals surface area contributed by atoms with Crippen LogP contribution in [0.2, 0.25) is 5.02 Å². The lowest BCUT2D eigenvalue weighted by Crippen LogP contribution is -2.49. The zero-order valence-electron chi connectivity index (χ0n) is 12.0. The Hall–Kier alpha value is -1.10. The molecule has 1 amide bonds. The van der Waals surface area contributed by atoms with Crippen molar-refractivity contribution in [1.29, 1.82) is 0 Å². The molecule has 4 nitrogen and oxygen atoms in total. The van der Waals surface area contributed by atoms with Crippen LogP contribution in [0.15, 0.2) is 24.3 Å². The smallest absolute Gasteiger partial charge is 0.226 e. The van der Waals surface area contributed by atoms with Gasteiger partial charge in [0.05, 0.1) is 6.61 Å². The second kappa shape index (κ2) is 6.34. The summed E-state index contributed by atoms with van der Waals surface area (Å²) in [5, 5.41) is 9.68. The van der Waals surface area contributed by atoms with E-state index in [-0.39, 0.29) is 18.4 Å². The molecule has 0 aromatic heterocycles. The van der Waals surface area contributed by atoms with Crippen LogP contribution >= 0.6 is 11.6 Å². The Morgan fingerprint density at radius 1 is 1.29 bits per heavy atom. The molecular formula is C16H21ClN2O2. The van der Waals surface area contributed by atoms with Gasteiger partial charge in [-0.3, -0.25) is 9.69 Å². The SMILES string of the molecule is O=C([C@@H]1C[C@@H]1c1cccc(Cl)c1)N1CCN(CCO)CC1. The molecule has 1 N–H and O–H groups in total. The van der Waals surface area contributed by atoms with Crippen molar-refractivity contribution in [3.05, 3.63) is 34.9 Å². The monoisotopic (exact) mass is 308 g/mol. The first-order chi connectivity index (χ1) is 10.2. The van der Waals surface area contributed by atoms with Crippen LogP contribution in [0.5, 0.6) is 0 Å². The average Bonchev–Trinajstić information content (AvgIpc) is 3.28. The Morgan fingerprint density at radius 3 is 2.71 bits per heavy atom. The molecule has 1 aromatic carbocycles. The lowest BCUT2D eigenvalue weighted by molar-refractivity contribution is -0.134. The number of aliphatic hydroxyl groups is 1. The Labute approximate surface area is 130 Å². The minimum atomic E-state index is 0.132. The van der Waals surface area contributed by atoms with Gasteiger partial charge in [0.15, 0.2) is 0 Å². The van der Waals surface area contributed by atoms with Crippen LogP contribution < -0.4 is 0 Å². The van der Waals surface area contributed by atoms with Crippen molar-refractivity contribution in [2.24, 2.45) is 5.92 Å². The number of carbonyl (C=O) groups excluding carboxylic acids is 1. The number of aliphatic hydroxyl groups excluding tert-OH is 1. The van der Waals surface area contributed by atoms with Crippen molar-refractivity contribution < 1.29 is 9.90 Å². The summed E-state index contributed by atoms with van der Waals surface area (Å²) in [5.74, 6) is 0.753. The standard InChI is InChI=1S/C16H21ClN2O2/c17-13-3-1-2-12(10-13)14-11-15(14)16(21)19-6-4-18(5-7-19)8-9-20/h1-3,10,14-15,20H,4-9,11H2/t14-,15-/m1/s1. The van der Waals surface area contributed by atoms with Gasteiger partial charge in [0, 0.05) is 43.7 Å². The van der Waals surface area contributed by atoms with E-state index >= 15 is 0 Å². The Morgan fingerprint density at radius 2 is 2.05 bits per heavy atom. The molecule has 2 aliphatic rings. The number of hydrogen-bond acceptors (Lipinski definition) is 3. The predicted molar refractivity (Wildman–Crippen MR) is 82.4 cm³/mol. The van der Waals surface area contributed by atoms with E-state index in [0.717, 1.165) is 37.6 Å². The maximum absolute atomic E-state index is 12.5. The molecule has 1 aliphatic carbocycles. The molecule has 1 saturated carbocycles. The average molecular weight is 309 g/mol. The third-order valence-electron chi connectivity index (χ3n) is 4.48. The maximum Gasteiger partial charge on any atom is 0.226 e. The molecule has 5 heteroatoms. The molecule has 0 spiro atoms. The van der Waals surface area contributed by atoms with Gasteiger partial charge in [0.25, 0.3) is 0 Å². The van der Waals surface area contributed by atoms with Crippen molar-refractivity contribution in [1.82, 2.24) is 9.80 Å². The van der Waals surface area contributed by atoms with Gasteiger partial charge in [-0.25, -0.2) is 0 Å². The molecule has 1 saturated heterocycles. The third kappa shape index (κ3) is 3.39. The van der Waals surface area contributed by atoms with Crippen molar-refractivity contribution in [3.8, 4) is 0 Å². The van der Waals surface area contributed by atoms with Crippen LogP contribution in [0.25, 0.3) is 0 Å². The summed E-state index contributed by atoms with van der Waals surface area (Å²) in [7, 11) is 0. The molecule has 0 radical (unpaired) electrons. The second-order valence-electron chi connectivity index (χ2n) is 5.89. The van der Waals surface area contributed by atoms with Gasteiger partial charge in [-0.15, -0.1) is 0 Å². The van der Waals surface area contributed by atoms with E-state index in [4.69, 9.17) is 16.7 Å². The summed E-state index contributed by atoms with van der Waals surface area (Å²) < 4.78 is 0. The Balaban J connectivity index is 1.54. The molecular weight excluding hydrogens is 288 g/mol. The van der Waals surface area contributed by atoms with Crippen LogP contribution in [0.4, 0.5) is 0 Å². The molecule has 2 atom stereocenters. The summed E-state index contributed by atoms with van der Waals surface area (Å²) in [5.41, 5.74) is 1.18. The summed E-state index contributed by atoms with van der Waals surface area (Å²) in [4.78, 5) is 16.7. The van der Waals surface area contributed by atoms with Crippen LogP contribution in [0, 0.1) is 5.92 Å². The van der Waals surface area contributed by atoms with Crippen LogP contribution in [-0.2, 0) is 4.79 Å². The fourth-order valence-electron chi connectivity index (χ4n) is 3.14. The Kier molecular flexibility index (Phi) is 4.48. The maximum atomic E-state index is 12.5. The molecule has 3 rings (SSSR count). The minimum absolute atomic E-state index is 0.132. The normalized spacial score (nSPS) is 25.9. The van der Waals surface area contributed by atoms with Crippen molar-refractivity contribution in [3.63, 3.8) is 0 Å². The summed E-state index contributed by atoms with van der Waals surface area (Å²) in [6.07, 6.45) is 0.941. The largest absolute Gasteiger partial charge is 0.395 e. The molecule has 0 unspecified atom stereocenters.